The zero-order valence-corrected chi connectivity index (χ0v) is 13.6. The number of carbonyl (C=O) groups is 1. The molecule has 1 amide bonds. The number of thiophene rings is 1. The van der Waals surface area contributed by atoms with Crippen LogP contribution in [0.15, 0.2) is 36.4 Å². The normalized spacial score (nSPS) is 12.1. The van der Waals surface area contributed by atoms with Crippen LogP contribution in [0.2, 0.25) is 0 Å². The van der Waals surface area contributed by atoms with Crippen molar-refractivity contribution in [3.63, 3.8) is 0 Å². The number of carbonyl (C=O) groups excluding carboxylic acids is 1. The van der Waals surface area contributed by atoms with Crippen molar-refractivity contribution in [3.05, 3.63) is 57.3 Å². The number of hydrogen-bond acceptors (Lipinski definition) is 3. The van der Waals surface area contributed by atoms with E-state index in [-0.39, 0.29) is 5.91 Å². The third kappa shape index (κ3) is 4.16. The van der Waals surface area contributed by atoms with Crippen molar-refractivity contribution in [1.29, 1.82) is 0 Å². The molecule has 4 heteroatoms. The van der Waals surface area contributed by atoms with E-state index in [0.717, 1.165) is 13.0 Å². The smallest absolute Gasteiger partial charge is 0.251 e. The molecule has 0 aliphatic carbocycles. The molecule has 3 nitrogen and oxygen atoms in total. The fourth-order valence-electron chi connectivity index (χ4n) is 2.11. The first-order valence-electron chi connectivity index (χ1n) is 7.27. The fraction of sp³-hybridized carbons (Fsp3) is 0.353. The summed E-state index contributed by atoms with van der Waals surface area (Å²) in [6.45, 7) is 5.17. The lowest BCUT2D eigenvalue weighted by atomic mass is 10.1. The Bertz CT molecular complexity index is 589. The van der Waals surface area contributed by atoms with Crippen LogP contribution in [-0.4, -0.2) is 13.0 Å². The van der Waals surface area contributed by atoms with E-state index >= 15 is 0 Å². The highest BCUT2D eigenvalue weighted by Crippen LogP contribution is 2.23. The summed E-state index contributed by atoms with van der Waals surface area (Å²) in [6, 6.07) is 12.5. The summed E-state index contributed by atoms with van der Waals surface area (Å²) < 4.78 is 0. The molecule has 1 unspecified atom stereocenters. The third-order valence-corrected chi connectivity index (χ3v) is 4.93. The van der Waals surface area contributed by atoms with Crippen LogP contribution in [0.4, 0.5) is 0 Å². The molecule has 0 aliphatic heterocycles. The van der Waals surface area contributed by atoms with Crippen LogP contribution in [0.5, 0.6) is 0 Å². The number of benzene rings is 1. The van der Waals surface area contributed by atoms with Gasteiger partial charge in [-0.15, -0.1) is 11.3 Å². The molecular formula is C17H22N2OS. The van der Waals surface area contributed by atoms with E-state index in [1.807, 2.05) is 35.6 Å². The Kier molecular flexibility index (Phi) is 5.53. The van der Waals surface area contributed by atoms with Crippen molar-refractivity contribution in [2.24, 2.45) is 0 Å². The van der Waals surface area contributed by atoms with E-state index in [9.17, 15) is 4.79 Å². The molecule has 0 saturated heterocycles. The van der Waals surface area contributed by atoms with Gasteiger partial charge in [-0.25, -0.2) is 0 Å². The molecule has 21 heavy (non-hydrogen) atoms. The minimum atomic E-state index is -0.0476. The Morgan fingerprint density at radius 3 is 2.48 bits per heavy atom. The molecule has 2 aromatic rings. The molecule has 0 fully saturated rings. The van der Waals surface area contributed by atoms with Crippen LogP contribution in [0, 0.1) is 0 Å². The first kappa shape index (κ1) is 15.7. The van der Waals surface area contributed by atoms with Crippen molar-refractivity contribution >= 4 is 17.2 Å². The second-order valence-electron chi connectivity index (χ2n) is 5.04. The van der Waals surface area contributed by atoms with Crippen LogP contribution in [0.1, 0.15) is 45.6 Å². The first-order chi connectivity index (χ1) is 10.1. The Hall–Kier alpha value is -1.65. The van der Waals surface area contributed by atoms with Crippen molar-refractivity contribution in [2.75, 3.05) is 7.05 Å². The largest absolute Gasteiger partial charge is 0.355 e. The quantitative estimate of drug-likeness (QED) is 0.857. The minimum Gasteiger partial charge on any atom is -0.355 e. The van der Waals surface area contributed by atoms with Gasteiger partial charge in [0, 0.05) is 35.0 Å². The maximum Gasteiger partial charge on any atom is 0.251 e. The predicted octanol–water partition coefficient (Wildman–Crippen LogP) is 3.52. The topological polar surface area (TPSA) is 41.1 Å². The Balaban J connectivity index is 1.91. The van der Waals surface area contributed by atoms with Gasteiger partial charge in [0.25, 0.3) is 5.91 Å². The first-order valence-corrected chi connectivity index (χ1v) is 8.08. The molecule has 1 atom stereocenters. The van der Waals surface area contributed by atoms with E-state index in [1.165, 1.54) is 15.3 Å². The van der Waals surface area contributed by atoms with Crippen molar-refractivity contribution < 1.29 is 4.79 Å². The second kappa shape index (κ2) is 7.38. The van der Waals surface area contributed by atoms with Gasteiger partial charge < -0.3 is 10.6 Å². The van der Waals surface area contributed by atoms with E-state index in [4.69, 9.17) is 0 Å². The van der Waals surface area contributed by atoms with Gasteiger partial charge in [0.2, 0.25) is 0 Å². The van der Waals surface area contributed by atoms with E-state index in [2.05, 4.69) is 36.6 Å². The molecule has 1 heterocycles. The van der Waals surface area contributed by atoms with Crippen molar-refractivity contribution in [3.8, 4) is 0 Å². The third-order valence-electron chi connectivity index (χ3n) is 3.51. The fourth-order valence-corrected chi connectivity index (χ4v) is 3.09. The van der Waals surface area contributed by atoms with Crippen LogP contribution >= 0.6 is 11.3 Å². The van der Waals surface area contributed by atoms with E-state index in [0.29, 0.717) is 11.6 Å². The van der Waals surface area contributed by atoms with Gasteiger partial charge in [-0.05, 0) is 43.2 Å². The van der Waals surface area contributed by atoms with Crippen LogP contribution < -0.4 is 10.6 Å². The summed E-state index contributed by atoms with van der Waals surface area (Å²) >= 11 is 1.87. The predicted molar refractivity (Wildman–Crippen MR) is 88.8 cm³/mol. The molecule has 0 aliphatic rings. The molecule has 2 rings (SSSR count). The maximum absolute atomic E-state index is 11.5. The standard InChI is InChI=1S/C17H22N2OS/c1-4-15-9-10-16(21-15)12(2)19-11-13-5-7-14(8-6-13)17(20)18-3/h5-10,12,19H,4,11H2,1-3H3,(H,18,20). The Morgan fingerprint density at radius 1 is 1.19 bits per heavy atom. The lowest BCUT2D eigenvalue weighted by Gasteiger charge is -2.12. The Morgan fingerprint density at radius 2 is 1.90 bits per heavy atom. The van der Waals surface area contributed by atoms with Crippen LogP contribution in [0.3, 0.4) is 0 Å². The summed E-state index contributed by atoms with van der Waals surface area (Å²) in [7, 11) is 1.64. The summed E-state index contributed by atoms with van der Waals surface area (Å²) in [4.78, 5) is 14.3. The zero-order valence-electron chi connectivity index (χ0n) is 12.8. The van der Waals surface area contributed by atoms with E-state index < -0.39 is 0 Å². The Labute approximate surface area is 130 Å². The van der Waals surface area contributed by atoms with Gasteiger partial charge in [-0.2, -0.15) is 0 Å². The van der Waals surface area contributed by atoms with Gasteiger partial charge in [-0.1, -0.05) is 19.1 Å². The van der Waals surface area contributed by atoms with Crippen LogP contribution in [0.25, 0.3) is 0 Å². The maximum atomic E-state index is 11.5. The monoisotopic (exact) mass is 302 g/mol. The number of nitrogens with one attached hydrogen (secondary N) is 2. The van der Waals surface area contributed by atoms with Gasteiger partial charge >= 0.3 is 0 Å². The van der Waals surface area contributed by atoms with Gasteiger partial charge in [0.15, 0.2) is 0 Å². The second-order valence-corrected chi connectivity index (χ2v) is 6.24. The summed E-state index contributed by atoms with van der Waals surface area (Å²) in [5.41, 5.74) is 1.88. The molecule has 1 aromatic heterocycles. The summed E-state index contributed by atoms with van der Waals surface area (Å²) in [6.07, 6.45) is 1.10. The molecule has 0 spiro atoms. The summed E-state index contributed by atoms with van der Waals surface area (Å²) in [5, 5.41) is 6.15. The zero-order chi connectivity index (χ0) is 15.2. The van der Waals surface area contributed by atoms with Gasteiger partial charge in [0.1, 0.15) is 0 Å². The van der Waals surface area contributed by atoms with Crippen LogP contribution in [-0.2, 0) is 13.0 Å². The van der Waals surface area contributed by atoms with Crippen molar-refractivity contribution in [1.82, 2.24) is 10.6 Å². The molecular weight excluding hydrogens is 280 g/mol. The molecule has 0 saturated carbocycles. The lowest BCUT2D eigenvalue weighted by Crippen LogP contribution is -2.19. The highest BCUT2D eigenvalue weighted by atomic mass is 32.1. The number of amides is 1. The molecule has 0 radical (unpaired) electrons. The average molecular weight is 302 g/mol. The average Bonchev–Trinajstić information content (AvgIpc) is 3.01. The highest BCUT2D eigenvalue weighted by molar-refractivity contribution is 7.12. The van der Waals surface area contributed by atoms with Crippen molar-refractivity contribution in [2.45, 2.75) is 32.9 Å². The number of aryl methyl sites for hydroxylation is 1. The number of hydrogen-bond donors (Lipinski definition) is 2. The number of rotatable bonds is 6. The molecule has 1 aromatic carbocycles. The van der Waals surface area contributed by atoms with E-state index in [1.54, 1.807) is 7.05 Å². The SMILES string of the molecule is CCc1ccc(C(C)NCc2ccc(C(=O)NC)cc2)s1. The summed E-state index contributed by atoms with van der Waals surface area (Å²) in [5.74, 6) is -0.0476. The van der Waals surface area contributed by atoms with Gasteiger partial charge in [0.05, 0.1) is 0 Å². The highest BCUT2D eigenvalue weighted by Gasteiger charge is 2.08. The molecule has 0 bridgehead atoms. The molecule has 112 valence electrons. The van der Waals surface area contributed by atoms with Gasteiger partial charge in [-0.3, -0.25) is 4.79 Å². The molecule has 2 N–H and O–H groups in total. The lowest BCUT2D eigenvalue weighted by molar-refractivity contribution is 0.0963. The minimum absolute atomic E-state index is 0.0476.